The second-order valence-corrected chi connectivity index (χ2v) is 6.26. The number of nitrogens with zero attached hydrogens (tertiary/aromatic N) is 4. The van der Waals surface area contributed by atoms with Crippen LogP contribution in [0.4, 0.5) is 5.95 Å². The number of amides is 1. The monoisotopic (exact) mass is 355 g/mol. The van der Waals surface area contributed by atoms with Crippen LogP contribution in [0, 0.1) is 0 Å². The first-order valence-electron chi connectivity index (χ1n) is 8.88. The van der Waals surface area contributed by atoms with E-state index in [-0.39, 0.29) is 5.91 Å². The first-order valence-corrected chi connectivity index (χ1v) is 8.88. The largest absolute Gasteiger partial charge is 0.497 e. The molecule has 0 bridgehead atoms. The van der Waals surface area contributed by atoms with Crippen LogP contribution in [0.1, 0.15) is 5.56 Å². The SMILES string of the molecule is COc1cccc(CCNC(=O)CN2CCN(c3ncccn3)CC2)c1. The van der Waals surface area contributed by atoms with Gasteiger partial charge in [-0.2, -0.15) is 0 Å². The molecule has 1 aromatic carbocycles. The third-order valence-corrected chi connectivity index (χ3v) is 4.44. The maximum atomic E-state index is 12.2. The number of anilines is 1. The van der Waals surface area contributed by atoms with E-state index in [1.54, 1.807) is 19.5 Å². The number of ether oxygens (including phenoxy) is 1. The maximum Gasteiger partial charge on any atom is 0.234 e. The summed E-state index contributed by atoms with van der Waals surface area (Å²) in [5.74, 6) is 1.67. The Morgan fingerprint density at radius 2 is 1.92 bits per heavy atom. The molecule has 0 aliphatic carbocycles. The normalized spacial score (nSPS) is 14.9. The number of hydrogen-bond acceptors (Lipinski definition) is 6. The van der Waals surface area contributed by atoms with Crippen molar-refractivity contribution in [3.63, 3.8) is 0 Å². The van der Waals surface area contributed by atoms with Gasteiger partial charge in [0.15, 0.2) is 0 Å². The Hall–Kier alpha value is -2.67. The van der Waals surface area contributed by atoms with Gasteiger partial charge in [-0.25, -0.2) is 9.97 Å². The summed E-state index contributed by atoms with van der Waals surface area (Å²) in [6.45, 7) is 4.40. The molecule has 1 N–H and O–H groups in total. The minimum atomic E-state index is 0.0670. The summed E-state index contributed by atoms with van der Waals surface area (Å²) in [7, 11) is 1.66. The van der Waals surface area contributed by atoms with Crippen LogP contribution in [-0.2, 0) is 11.2 Å². The molecule has 0 unspecified atom stereocenters. The first kappa shape index (κ1) is 18.1. The average molecular weight is 355 g/mol. The average Bonchev–Trinajstić information content (AvgIpc) is 2.69. The standard InChI is InChI=1S/C19H25N5O2/c1-26-17-5-2-4-16(14-17)6-9-20-18(25)15-23-10-12-24(13-11-23)19-21-7-3-8-22-19/h2-5,7-8,14H,6,9-13,15H2,1H3,(H,20,25). The molecule has 138 valence electrons. The number of benzene rings is 1. The number of rotatable bonds is 7. The van der Waals surface area contributed by atoms with Gasteiger partial charge < -0.3 is 15.0 Å². The van der Waals surface area contributed by atoms with Gasteiger partial charge in [0.25, 0.3) is 0 Å². The summed E-state index contributed by atoms with van der Waals surface area (Å²) in [6.07, 6.45) is 4.30. The van der Waals surface area contributed by atoms with Crippen LogP contribution in [0.2, 0.25) is 0 Å². The van der Waals surface area contributed by atoms with Crippen molar-refractivity contribution >= 4 is 11.9 Å². The van der Waals surface area contributed by atoms with Gasteiger partial charge in [-0.05, 0) is 30.2 Å². The number of piperazine rings is 1. The first-order chi connectivity index (χ1) is 12.7. The van der Waals surface area contributed by atoms with Crippen LogP contribution in [0.5, 0.6) is 5.75 Å². The van der Waals surface area contributed by atoms with Gasteiger partial charge in [-0.1, -0.05) is 12.1 Å². The summed E-state index contributed by atoms with van der Waals surface area (Å²) < 4.78 is 5.22. The Bertz CT molecular complexity index is 702. The molecule has 1 aromatic heterocycles. The lowest BCUT2D eigenvalue weighted by atomic mass is 10.1. The van der Waals surface area contributed by atoms with E-state index < -0.39 is 0 Å². The fraction of sp³-hybridized carbons (Fsp3) is 0.421. The third-order valence-electron chi connectivity index (χ3n) is 4.44. The van der Waals surface area contributed by atoms with Gasteiger partial charge in [-0.15, -0.1) is 0 Å². The number of carbonyl (C=O) groups excluding carboxylic acids is 1. The number of nitrogens with one attached hydrogen (secondary N) is 1. The summed E-state index contributed by atoms with van der Waals surface area (Å²) in [4.78, 5) is 25.0. The molecule has 1 aliphatic rings. The summed E-state index contributed by atoms with van der Waals surface area (Å²) in [5.41, 5.74) is 1.15. The molecule has 0 radical (unpaired) electrons. The molecular formula is C19H25N5O2. The fourth-order valence-electron chi connectivity index (χ4n) is 2.99. The predicted octanol–water partition coefficient (Wildman–Crippen LogP) is 0.966. The molecule has 2 heterocycles. The van der Waals surface area contributed by atoms with E-state index in [2.05, 4.69) is 25.1 Å². The van der Waals surface area contributed by atoms with Crippen molar-refractivity contribution in [1.29, 1.82) is 0 Å². The molecule has 1 aliphatic heterocycles. The zero-order valence-corrected chi connectivity index (χ0v) is 15.1. The van der Waals surface area contributed by atoms with Crippen LogP contribution < -0.4 is 15.0 Å². The van der Waals surface area contributed by atoms with Crippen molar-refractivity contribution in [2.45, 2.75) is 6.42 Å². The van der Waals surface area contributed by atoms with Gasteiger partial charge in [0, 0.05) is 45.1 Å². The molecule has 1 amide bonds. The molecule has 7 nitrogen and oxygen atoms in total. The molecule has 1 fully saturated rings. The molecule has 26 heavy (non-hydrogen) atoms. The number of carbonyl (C=O) groups is 1. The molecule has 3 rings (SSSR count). The Balaban J connectivity index is 1.36. The van der Waals surface area contributed by atoms with E-state index in [1.807, 2.05) is 30.3 Å². The lowest BCUT2D eigenvalue weighted by molar-refractivity contribution is -0.122. The van der Waals surface area contributed by atoms with Crippen molar-refractivity contribution in [2.75, 3.05) is 51.3 Å². The minimum Gasteiger partial charge on any atom is -0.497 e. The van der Waals surface area contributed by atoms with Gasteiger partial charge in [-0.3, -0.25) is 9.69 Å². The highest BCUT2D eigenvalue weighted by atomic mass is 16.5. The van der Waals surface area contributed by atoms with E-state index in [0.29, 0.717) is 13.1 Å². The Labute approximate surface area is 154 Å². The zero-order valence-electron chi connectivity index (χ0n) is 15.1. The predicted molar refractivity (Wildman–Crippen MR) is 100 cm³/mol. The lowest BCUT2D eigenvalue weighted by Crippen LogP contribution is -2.50. The Kier molecular flexibility index (Phi) is 6.38. The Morgan fingerprint density at radius 1 is 1.15 bits per heavy atom. The second-order valence-electron chi connectivity index (χ2n) is 6.26. The summed E-state index contributed by atoms with van der Waals surface area (Å²) >= 11 is 0. The highest BCUT2D eigenvalue weighted by Gasteiger charge is 2.20. The highest BCUT2D eigenvalue weighted by Crippen LogP contribution is 2.12. The van der Waals surface area contributed by atoms with Crippen LogP contribution in [0.3, 0.4) is 0 Å². The molecule has 0 spiro atoms. The topological polar surface area (TPSA) is 70.6 Å². The molecule has 0 saturated carbocycles. The molecular weight excluding hydrogens is 330 g/mol. The molecule has 1 saturated heterocycles. The number of methoxy groups -OCH3 is 1. The van der Waals surface area contributed by atoms with E-state index in [0.717, 1.165) is 49.9 Å². The van der Waals surface area contributed by atoms with Crippen LogP contribution in [0.15, 0.2) is 42.7 Å². The minimum absolute atomic E-state index is 0.0670. The maximum absolute atomic E-state index is 12.2. The van der Waals surface area contributed by atoms with Crippen LogP contribution in [-0.4, -0.2) is 67.2 Å². The Morgan fingerprint density at radius 3 is 2.65 bits per heavy atom. The van der Waals surface area contributed by atoms with Crippen molar-refractivity contribution in [2.24, 2.45) is 0 Å². The number of hydrogen-bond donors (Lipinski definition) is 1. The van der Waals surface area contributed by atoms with Crippen molar-refractivity contribution < 1.29 is 9.53 Å². The van der Waals surface area contributed by atoms with Crippen molar-refractivity contribution in [3.05, 3.63) is 48.3 Å². The zero-order chi connectivity index (χ0) is 18.2. The van der Waals surface area contributed by atoms with E-state index in [4.69, 9.17) is 4.74 Å². The highest BCUT2D eigenvalue weighted by molar-refractivity contribution is 5.78. The van der Waals surface area contributed by atoms with Crippen molar-refractivity contribution in [3.8, 4) is 5.75 Å². The lowest BCUT2D eigenvalue weighted by Gasteiger charge is -2.34. The van der Waals surface area contributed by atoms with Gasteiger partial charge in [0.05, 0.1) is 13.7 Å². The fourth-order valence-corrected chi connectivity index (χ4v) is 2.99. The number of aromatic nitrogens is 2. The van der Waals surface area contributed by atoms with Crippen LogP contribution in [0.25, 0.3) is 0 Å². The van der Waals surface area contributed by atoms with Gasteiger partial charge in [0.1, 0.15) is 5.75 Å². The molecule has 0 atom stereocenters. The summed E-state index contributed by atoms with van der Waals surface area (Å²) in [5, 5.41) is 3.00. The van der Waals surface area contributed by atoms with E-state index >= 15 is 0 Å². The van der Waals surface area contributed by atoms with Gasteiger partial charge >= 0.3 is 0 Å². The van der Waals surface area contributed by atoms with E-state index in [9.17, 15) is 4.79 Å². The smallest absolute Gasteiger partial charge is 0.234 e. The van der Waals surface area contributed by atoms with Crippen LogP contribution >= 0.6 is 0 Å². The molecule has 2 aromatic rings. The van der Waals surface area contributed by atoms with Gasteiger partial charge in [0.2, 0.25) is 11.9 Å². The van der Waals surface area contributed by atoms with Crippen molar-refractivity contribution in [1.82, 2.24) is 20.2 Å². The third kappa shape index (κ3) is 5.16. The molecule has 7 heteroatoms. The van der Waals surface area contributed by atoms with E-state index in [1.165, 1.54) is 0 Å². The quantitative estimate of drug-likeness (QED) is 0.798. The second kappa shape index (κ2) is 9.15. The summed E-state index contributed by atoms with van der Waals surface area (Å²) in [6, 6.07) is 9.74.